The summed E-state index contributed by atoms with van der Waals surface area (Å²) in [6.07, 6.45) is 3.49. The highest BCUT2D eigenvalue weighted by Gasteiger charge is 2.16. The lowest BCUT2D eigenvalue weighted by Crippen LogP contribution is -2.08. The van der Waals surface area contributed by atoms with Gasteiger partial charge in [0.1, 0.15) is 11.5 Å². The quantitative estimate of drug-likeness (QED) is 0.537. The molecular weight excluding hydrogens is 376 g/mol. The van der Waals surface area contributed by atoms with Crippen molar-refractivity contribution in [2.45, 2.75) is 32.7 Å². The number of unbranched alkanes of at least 4 members (excludes halogenated alkanes) is 1. The Morgan fingerprint density at radius 3 is 2.54 bits per heavy atom. The minimum absolute atomic E-state index is 0.230. The Bertz CT molecular complexity index is 994. The summed E-state index contributed by atoms with van der Waals surface area (Å²) in [5, 5.41) is 9.61. The number of carbonyl (C=O) groups excluding carboxylic acids is 1. The van der Waals surface area contributed by atoms with Crippen LogP contribution < -0.4 is 0 Å². The molecule has 3 aromatic rings. The molecule has 0 atom stereocenters. The fourth-order valence-electron chi connectivity index (χ4n) is 3.19. The zero-order chi connectivity index (χ0) is 20.1. The number of benzene rings is 2. The van der Waals surface area contributed by atoms with Crippen LogP contribution in [0.1, 0.15) is 52.0 Å². The molecule has 0 amide bonds. The van der Waals surface area contributed by atoms with Gasteiger partial charge >= 0.3 is 5.97 Å². The number of aldehydes is 1. The van der Waals surface area contributed by atoms with Gasteiger partial charge in [-0.1, -0.05) is 67.4 Å². The number of nitrogens with zero attached hydrogens (tertiary/aromatic N) is 2. The molecule has 3 rings (SSSR count). The van der Waals surface area contributed by atoms with Crippen molar-refractivity contribution in [3.63, 3.8) is 0 Å². The van der Waals surface area contributed by atoms with Gasteiger partial charge in [-0.05, 0) is 29.2 Å². The SMILES string of the molecule is CCCCc1nc(Cl)c(C=O)n1Cc1ccc(-c2ccccc2C(=O)O)cc1. The molecule has 0 saturated carbocycles. The lowest BCUT2D eigenvalue weighted by Gasteiger charge is -2.11. The van der Waals surface area contributed by atoms with Crippen molar-refractivity contribution < 1.29 is 14.7 Å². The van der Waals surface area contributed by atoms with Crippen molar-refractivity contribution in [3.05, 3.63) is 76.3 Å². The zero-order valence-corrected chi connectivity index (χ0v) is 16.3. The van der Waals surface area contributed by atoms with Crippen LogP contribution in [-0.4, -0.2) is 26.9 Å². The molecule has 144 valence electrons. The summed E-state index contributed by atoms with van der Waals surface area (Å²) in [6.45, 7) is 2.58. The van der Waals surface area contributed by atoms with Gasteiger partial charge in [0.05, 0.1) is 5.56 Å². The van der Waals surface area contributed by atoms with Crippen molar-refractivity contribution in [3.8, 4) is 11.1 Å². The first-order valence-electron chi connectivity index (χ1n) is 9.16. The van der Waals surface area contributed by atoms with Crippen molar-refractivity contribution in [1.29, 1.82) is 0 Å². The highest BCUT2D eigenvalue weighted by molar-refractivity contribution is 6.31. The smallest absolute Gasteiger partial charge is 0.336 e. The molecule has 1 heterocycles. The van der Waals surface area contributed by atoms with Crippen molar-refractivity contribution >= 4 is 23.9 Å². The molecule has 1 N–H and O–H groups in total. The summed E-state index contributed by atoms with van der Waals surface area (Å²) in [5.41, 5.74) is 3.12. The Morgan fingerprint density at radius 1 is 1.18 bits per heavy atom. The van der Waals surface area contributed by atoms with Crippen LogP contribution in [0.3, 0.4) is 0 Å². The number of aryl methyl sites for hydroxylation is 1. The van der Waals surface area contributed by atoms with Crippen LogP contribution >= 0.6 is 11.6 Å². The second kappa shape index (κ2) is 8.85. The largest absolute Gasteiger partial charge is 0.478 e. The number of carboxylic acids is 1. The maximum atomic E-state index is 11.5. The van der Waals surface area contributed by atoms with E-state index >= 15 is 0 Å². The second-order valence-corrected chi connectivity index (χ2v) is 6.92. The van der Waals surface area contributed by atoms with Gasteiger partial charge in [0, 0.05) is 13.0 Å². The van der Waals surface area contributed by atoms with Crippen molar-refractivity contribution in [2.75, 3.05) is 0 Å². The average Bonchev–Trinajstić information content (AvgIpc) is 3.01. The lowest BCUT2D eigenvalue weighted by molar-refractivity contribution is 0.0697. The van der Waals surface area contributed by atoms with Crippen LogP contribution in [0.5, 0.6) is 0 Å². The highest BCUT2D eigenvalue weighted by Crippen LogP contribution is 2.25. The van der Waals surface area contributed by atoms with Gasteiger partial charge in [-0.15, -0.1) is 0 Å². The molecule has 6 heteroatoms. The Kier molecular flexibility index (Phi) is 6.26. The monoisotopic (exact) mass is 396 g/mol. The Morgan fingerprint density at radius 2 is 1.89 bits per heavy atom. The maximum absolute atomic E-state index is 11.5. The van der Waals surface area contributed by atoms with E-state index in [9.17, 15) is 14.7 Å². The molecule has 0 bridgehead atoms. The average molecular weight is 397 g/mol. The first-order chi connectivity index (χ1) is 13.5. The first kappa shape index (κ1) is 19.8. The Hall–Kier alpha value is -2.92. The fraction of sp³-hybridized carbons (Fsp3) is 0.227. The number of halogens is 1. The number of aromatic nitrogens is 2. The molecule has 0 aliphatic carbocycles. The van der Waals surface area contributed by atoms with Gasteiger partial charge in [0.15, 0.2) is 11.4 Å². The van der Waals surface area contributed by atoms with E-state index in [0.29, 0.717) is 17.8 Å². The van der Waals surface area contributed by atoms with Crippen LogP contribution in [-0.2, 0) is 13.0 Å². The number of aromatic carboxylic acids is 1. The van der Waals surface area contributed by atoms with Gasteiger partial charge in [-0.25, -0.2) is 9.78 Å². The molecule has 0 aliphatic rings. The predicted octanol–water partition coefficient (Wildman–Crippen LogP) is 5.11. The van der Waals surface area contributed by atoms with E-state index in [0.717, 1.165) is 42.5 Å². The molecular formula is C22H21ClN2O3. The van der Waals surface area contributed by atoms with E-state index < -0.39 is 5.97 Å². The molecule has 2 aromatic carbocycles. The number of carbonyl (C=O) groups is 2. The third-order valence-electron chi connectivity index (χ3n) is 4.67. The summed E-state index contributed by atoms with van der Waals surface area (Å²) in [5.74, 6) is -0.154. The van der Waals surface area contributed by atoms with E-state index in [1.807, 2.05) is 34.9 Å². The number of rotatable bonds is 8. The Labute approximate surface area is 168 Å². The van der Waals surface area contributed by atoms with Crippen LogP contribution in [0.2, 0.25) is 5.15 Å². The zero-order valence-electron chi connectivity index (χ0n) is 15.6. The summed E-state index contributed by atoms with van der Waals surface area (Å²) >= 11 is 6.13. The highest BCUT2D eigenvalue weighted by atomic mass is 35.5. The fourth-order valence-corrected chi connectivity index (χ4v) is 3.43. The summed E-state index contributed by atoms with van der Waals surface area (Å²) in [7, 11) is 0. The third-order valence-corrected chi connectivity index (χ3v) is 4.95. The van der Waals surface area contributed by atoms with E-state index in [2.05, 4.69) is 11.9 Å². The molecule has 0 aliphatic heterocycles. The number of carboxylic acid groups (broad SMARTS) is 1. The molecule has 28 heavy (non-hydrogen) atoms. The number of imidazole rings is 1. The molecule has 0 saturated heterocycles. The first-order valence-corrected chi connectivity index (χ1v) is 9.54. The van der Waals surface area contributed by atoms with Crippen LogP contribution in [0, 0.1) is 0 Å². The van der Waals surface area contributed by atoms with Crippen LogP contribution in [0.15, 0.2) is 48.5 Å². The molecule has 0 radical (unpaired) electrons. The second-order valence-electron chi connectivity index (χ2n) is 6.56. The molecule has 0 unspecified atom stereocenters. The van der Waals surface area contributed by atoms with E-state index in [-0.39, 0.29) is 10.7 Å². The normalized spacial score (nSPS) is 10.8. The van der Waals surface area contributed by atoms with Crippen molar-refractivity contribution in [1.82, 2.24) is 9.55 Å². The van der Waals surface area contributed by atoms with E-state index in [4.69, 9.17) is 11.6 Å². The minimum atomic E-state index is -0.955. The van der Waals surface area contributed by atoms with E-state index in [1.54, 1.807) is 18.2 Å². The molecule has 0 fully saturated rings. The third kappa shape index (κ3) is 4.15. The van der Waals surface area contributed by atoms with Gasteiger partial charge in [0.2, 0.25) is 0 Å². The molecule has 1 aromatic heterocycles. The predicted molar refractivity (Wildman–Crippen MR) is 109 cm³/mol. The number of hydrogen-bond acceptors (Lipinski definition) is 3. The van der Waals surface area contributed by atoms with Gasteiger partial charge in [-0.3, -0.25) is 4.79 Å². The van der Waals surface area contributed by atoms with Gasteiger partial charge in [-0.2, -0.15) is 0 Å². The minimum Gasteiger partial charge on any atom is -0.478 e. The Balaban J connectivity index is 1.90. The topological polar surface area (TPSA) is 72.2 Å². The maximum Gasteiger partial charge on any atom is 0.336 e. The van der Waals surface area contributed by atoms with Crippen LogP contribution in [0.4, 0.5) is 0 Å². The van der Waals surface area contributed by atoms with Crippen molar-refractivity contribution in [2.24, 2.45) is 0 Å². The summed E-state index contributed by atoms with van der Waals surface area (Å²) < 4.78 is 1.85. The molecule has 0 spiro atoms. The van der Waals surface area contributed by atoms with Crippen LogP contribution in [0.25, 0.3) is 11.1 Å². The molecule has 5 nitrogen and oxygen atoms in total. The van der Waals surface area contributed by atoms with E-state index in [1.165, 1.54) is 0 Å². The lowest BCUT2D eigenvalue weighted by atomic mass is 9.99. The summed E-state index contributed by atoms with van der Waals surface area (Å²) in [4.78, 5) is 27.3. The van der Waals surface area contributed by atoms with Gasteiger partial charge in [0.25, 0.3) is 0 Å². The summed E-state index contributed by atoms with van der Waals surface area (Å²) in [6, 6.07) is 14.6. The van der Waals surface area contributed by atoms with Gasteiger partial charge < -0.3 is 9.67 Å². The standard InChI is InChI=1S/C22H21ClN2O3/c1-2-3-8-20-24-21(23)19(14-26)25(20)13-15-9-11-16(12-10-15)17-6-4-5-7-18(17)22(27)28/h4-7,9-12,14H,2-3,8,13H2,1H3,(H,27,28). The number of hydrogen-bond donors (Lipinski definition) is 1.